The van der Waals surface area contributed by atoms with E-state index < -0.39 is 0 Å². The lowest BCUT2D eigenvalue weighted by atomic mass is 10.1. The van der Waals surface area contributed by atoms with Gasteiger partial charge in [0.15, 0.2) is 0 Å². The van der Waals surface area contributed by atoms with E-state index in [-0.39, 0.29) is 0 Å². The van der Waals surface area contributed by atoms with Gasteiger partial charge >= 0.3 is 0 Å². The summed E-state index contributed by atoms with van der Waals surface area (Å²) in [5, 5.41) is 16.9. The normalized spacial score (nSPS) is 11.7. The minimum atomic E-state index is 0.413. The Morgan fingerprint density at radius 1 is 0.605 bits per heavy atom. The van der Waals surface area contributed by atoms with Gasteiger partial charge in [-0.3, -0.25) is 0 Å². The van der Waals surface area contributed by atoms with Crippen LogP contribution in [0.4, 0.5) is 5.69 Å². The second-order valence-electron chi connectivity index (χ2n) is 10.7. The Labute approximate surface area is 245 Å². The average Bonchev–Trinajstić information content (AvgIpc) is 3.72. The van der Waals surface area contributed by atoms with Crippen LogP contribution >= 0.6 is 0 Å². The van der Waals surface area contributed by atoms with Gasteiger partial charge in [-0.1, -0.05) is 72.8 Å². The van der Waals surface area contributed by atoms with Gasteiger partial charge in [0.2, 0.25) is 5.69 Å². The van der Waals surface area contributed by atoms with Crippen molar-refractivity contribution in [2.24, 2.45) is 0 Å². The van der Waals surface area contributed by atoms with Crippen LogP contribution in [0.1, 0.15) is 5.56 Å². The van der Waals surface area contributed by atoms with Crippen LogP contribution in [0.5, 0.6) is 0 Å². The molecule has 0 aliphatic rings. The van der Waals surface area contributed by atoms with Crippen LogP contribution in [0.15, 0.2) is 126 Å². The number of hydrogen-bond donors (Lipinski definition) is 0. The monoisotopic (exact) mass is 548 g/mol. The maximum atomic E-state index is 10.6. The van der Waals surface area contributed by atoms with E-state index in [9.17, 15) is 5.26 Å². The number of furan rings is 1. The number of hydrogen-bond acceptors (Lipinski definition) is 2. The molecule has 0 fully saturated rings. The Hall–Kier alpha value is -6.30. The number of aromatic nitrogens is 2. The maximum Gasteiger partial charge on any atom is 0.214 e. The predicted molar refractivity (Wildman–Crippen MR) is 173 cm³/mol. The van der Waals surface area contributed by atoms with Crippen molar-refractivity contribution in [3.8, 4) is 17.4 Å². The molecular weight excluding hydrogens is 528 g/mol. The molecule has 0 radical (unpaired) electrons. The first-order chi connectivity index (χ1) is 21.3. The van der Waals surface area contributed by atoms with Crippen LogP contribution in [0.3, 0.4) is 0 Å². The minimum absolute atomic E-state index is 0.413. The first kappa shape index (κ1) is 23.4. The van der Waals surface area contributed by atoms with Crippen LogP contribution in [-0.2, 0) is 0 Å². The Morgan fingerprint density at radius 2 is 1.21 bits per heavy atom. The molecule has 0 bridgehead atoms. The molecule has 198 valence electrons. The van der Waals surface area contributed by atoms with E-state index in [1.165, 1.54) is 0 Å². The fraction of sp³-hybridized carbons (Fsp3) is 0. The third-order valence-electron chi connectivity index (χ3n) is 8.56. The molecule has 6 aromatic carbocycles. The molecule has 0 aliphatic heterocycles. The second kappa shape index (κ2) is 8.60. The van der Waals surface area contributed by atoms with Crippen molar-refractivity contribution in [2.75, 3.05) is 0 Å². The number of nitrogens with zero attached hydrogens (tertiary/aromatic N) is 4. The van der Waals surface area contributed by atoms with E-state index in [0.29, 0.717) is 16.9 Å². The molecule has 5 heteroatoms. The highest BCUT2D eigenvalue weighted by atomic mass is 16.3. The summed E-state index contributed by atoms with van der Waals surface area (Å²) in [5.41, 5.74) is 7.74. The summed E-state index contributed by atoms with van der Waals surface area (Å²) in [5.74, 6) is 0. The van der Waals surface area contributed by atoms with E-state index >= 15 is 0 Å². The van der Waals surface area contributed by atoms with Gasteiger partial charge < -0.3 is 13.6 Å². The van der Waals surface area contributed by atoms with Gasteiger partial charge in [0.1, 0.15) is 17.2 Å². The fourth-order valence-corrected chi connectivity index (χ4v) is 6.82. The number of fused-ring (bicyclic) bond motifs is 10. The Kier molecular flexibility index (Phi) is 4.68. The Balaban J connectivity index is 1.39. The molecule has 0 spiro atoms. The number of para-hydroxylation sites is 4. The molecule has 0 atom stereocenters. The molecule has 0 N–H and O–H groups in total. The SMILES string of the molecule is [C-]#[N+]c1cc(-n2c3ccccc3c3c4oc5ccccc5c4ccc32)cc(C#N)c1-n1c2ccccc2c2ccccc21. The predicted octanol–water partition coefficient (Wildman–Crippen LogP) is 10.2. The maximum absolute atomic E-state index is 10.6. The van der Waals surface area contributed by atoms with E-state index in [1.54, 1.807) is 0 Å². The third kappa shape index (κ3) is 3.08. The standard InChI is InChI=1S/C38H20N4O/c1-40-30-21-24(20-23(22-39)37(30)42-31-14-6-2-10-25(31)26-11-3-7-15-32(26)42)41-33-16-8-4-13-29(33)36-34(41)19-18-28-27-12-5-9-17-35(27)43-38(28)36/h2-21H. The van der Waals surface area contributed by atoms with E-state index in [2.05, 4.69) is 62.5 Å². The summed E-state index contributed by atoms with van der Waals surface area (Å²) in [6.07, 6.45) is 0. The van der Waals surface area contributed by atoms with Gasteiger partial charge in [-0.25, -0.2) is 4.85 Å². The van der Waals surface area contributed by atoms with Gasteiger partial charge in [0, 0.05) is 32.6 Å². The van der Waals surface area contributed by atoms with Crippen LogP contribution in [0, 0.1) is 17.9 Å². The molecule has 9 rings (SSSR count). The van der Waals surface area contributed by atoms with Crippen LogP contribution < -0.4 is 0 Å². The third-order valence-corrected chi connectivity index (χ3v) is 8.56. The summed E-state index contributed by atoms with van der Waals surface area (Å²) in [6.45, 7) is 8.27. The molecule has 3 heterocycles. The lowest BCUT2D eigenvalue weighted by Crippen LogP contribution is -2.01. The highest BCUT2D eigenvalue weighted by molar-refractivity contribution is 6.24. The average molecular weight is 549 g/mol. The number of rotatable bonds is 2. The molecule has 5 nitrogen and oxygen atoms in total. The highest BCUT2D eigenvalue weighted by Gasteiger charge is 2.22. The number of nitriles is 1. The lowest BCUT2D eigenvalue weighted by molar-refractivity contribution is 0.673. The quantitative estimate of drug-likeness (QED) is 0.202. The zero-order valence-electron chi connectivity index (χ0n) is 22.7. The summed E-state index contributed by atoms with van der Waals surface area (Å²) in [7, 11) is 0. The topological polar surface area (TPSA) is 51.1 Å². The van der Waals surface area contributed by atoms with E-state index in [0.717, 1.165) is 71.2 Å². The summed E-state index contributed by atoms with van der Waals surface area (Å²) in [4.78, 5) is 4.00. The van der Waals surface area contributed by atoms with Gasteiger partial charge in [-0.2, -0.15) is 5.26 Å². The molecule has 0 aliphatic carbocycles. The second-order valence-corrected chi connectivity index (χ2v) is 10.7. The first-order valence-electron chi connectivity index (χ1n) is 14.0. The van der Waals surface area contributed by atoms with Crippen molar-refractivity contribution < 1.29 is 4.42 Å². The van der Waals surface area contributed by atoms with E-state index in [4.69, 9.17) is 11.0 Å². The van der Waals surface area contributed by atoms with Crippen molar-refractivity contribution in [1.29, 1.82) is 5.26 Å². The van der Waals surface area contributed by atoms with Crippen LogP contribution in [0.25, 0.3) is 81.8 Å². The zero-order chi connectivity index (χ0) is 28.7. The molecule has 9 aromatic rings. The van der Waals surface area contributed by atoms with Gasteiger partial charge in [0.05, 0.1) is 45.3 Å². The Morgan fingerprint density at radius 3 is 1.88 bits per heavy atom. The lowest BCUT2D eigenvalue weighted by Gasteiger charge is -2.16. The summed E-state index contributed by atoms with van der Waals surface area (Å²) >= 11 is 0. The molecule has 0 unspecified atom stereocenters. The molecule has 3 aromatic heterocycles. The van der Waals surface area contributed by atoms with Crippen LogP contribution in [0.2, 0.25) is 0 Å². The van der Waals surface area contributed by atoms with Crippen molar-refractivity contribution in [3.63, 3.8) is 0 Å². The molecule has 0 saturated heterocycles. The van der Waals surface area contributed by atoms with Crippen molar-refractivity contribution in [3.05, 3.63) is 138 Å². The molecule has 43 heavy (non-hydrogen) atoms. The fourth-order valence-electron chi connectivity index (χ4n) is 6.82. The molecule has 0 saturated carbocycles. The van der Waals surface area contributed by atoms with Crippen LogP contribution in [-0.4, -0.2) is 9.13 Å². The minimum Gasteiger partial charge on any atom is -0.455 e. The zero-order valence-corrected chi connectivity index (χ0v) is 22.7. The van der Waals surface area contributed by atoms with Crippen molar-refractivity contribution >= 4 is 71.2 Å². The molecule has 0 amide bonds. The molecular formula is C38H20N4O. The van der Waals surface area contributed by atoms with E-state index in [1.807, 2.05) is 78.9 Å². The Bertz CT molecular complexity index is 2620. The largest absolute Gasteiger partial charge is 0.455 e. The van der Waals surface area contributed by atoms with Gasteiger partial charge in [-0.15, -0.1) is 0 Å². The number of benzene rings is 6. The summed E-state index contributed by atoms with van der Waals surface area (Å²) < 4.78 is 10.6. The highest BCUT2D eigenvalue weighted by Crippen LogP contribution is 2.43. The van der Waals surface area contributed by atoms with Gasteiger partial charge in [0.25, 0.3) is 0 Å². The summed E-state index contributed by atoms with van der Waals surface area (Å²) in [6, 6.07) is 43.1. The smallest absolute Gasteiger partial charge is 0.214 e. The first-order valence-corrected chi connectivity index (χ1v) is 14.0. The van der Waals surface area contributed by atoms with Crippen molar-refractivity contribution in [2.45, 2.75) is 0 Å². The van der Waals surface area contributed by atoms with Gasteiger partial charge in [-0.05, 0) is 48.5 Å². The van der Waals surface area contributed by atoms with Crippen molar-refractivity contribution in [1.82, 2.24) is 9.13 Å².